The van der Waals surface area contributed by atoms with Gasteiger partial charge in [0, 0.05) is 22.8 Å². The zero-order valence-corrected chi connectivity index (χ0v) is 31.9. The van der Waals surface area contributed by atoms with E-state index in [2.05, 4.69) is 10.6 Å². The number of alkyl halides is 2. The van der Waals surface area contributed by atoms with E-state index < -0.39 is 101 Å². The number of aliphatic hydroxyl groups excluding tert-OH is 1. The maximum atomic E-state index is 17.8. The lowest BCUT2D eigenvalue weighted by atomic mass is 9.44. The Labute approximate surface area is 314 Å². The van der Waals surface area contributed by atoms with E-state index in [0.717, 1.165) is 6.08 Å². The minimum atomic E-state index is -2.32. The molecule has 0 bridgehead atoms. The molecular formula is C40H53F2N3O9. The molecule has 14 heteroatoms. The summed E-state index contributed by atoms with van der Waals surface area (Å²) >= 11 is 0. The molecule has 1 saturated heterocycles. The van der Waals surface area contributed by atoms with Gasteiger partial charge in [0.1, 0.15) is 30.3 Å². The van der Waals surface area contributed by atoms with Crippen LogP contribution in [-0.4, -0.2) is 90.2 Å². The Morgan fingerprint density at radius 2 is 1.85 bits per heavy atom. The smallest absolute Gasteiger partial charge is 0.246 e. The molecule has 296 valence electrons. The number of nitrogens with two attached hydrogens (primary N) is 1. The molecule has 0 radical (unpaired) electrons. The second-order valence-corrected chi connectivity index (χ2v) is 16.4. The maximum absolute atomic E-state index is 17.8. The molecule has 12 nitrogen and oxygen atoms in total. The molecule has 1 heterocycles. The third-order valence-corrected chi connectivity index (χ3v) is 12.9. The van der Waals surface area contributed by atoms with Gasteiger partial charge in [0.05, 0.1) is 31.0 Å². The van der Waals surface area contributed by atoms with E-state index >= 15 is 8.78 Å². The van der Waals surface area contributed by atoms with Crippen molar-refractivity contribution in [3.63, 3.8) is 0 Å². The number of carbonyl (C=O) groups is 4. The molecule has 12 atom stereocenters. The van der Waals surface area contributed by atoms with Gasteiger partial charge in [-0.15, -0.1) is 0 Å². The minimum absolute atomic E-state index is 0.0259. The van der Waals surface area contributed by atoms with E-state index in [1.165, 1.54) is 45.2 Å². The van der Waals surface area contributed by atoms with Crippen molar-refractivity contribution in [3.05, 3.63) is 42.0 Å². The zero-order valence-electron chi connectivity index (χ0n) is 31.9. The fourth-order valence-corrected chi connectivity index (χ4v) is 9.93. The first-order valence-corrected chi connectivity index (χ1v) is 18.9. The molecule has 5 aliphatic rings. The fraction of sp³-hybridized carbons (Fsp3) is 0.650. The first-order chi connectivity index (χ1) is 25.4. The lowest BCUT2D eigenvalue weighted by Gasteiger charge is -2.63. The van der Waals surface area contributed by atoms with Crippen molar-refractivity contribution >= 4 is 29.1 Å². The highest BCUT2D eigenvalue weighted by molar-refractivity contribution is 6.01. The summed E-state index contributed by atoms with van der Waals surface area (Å²) in [5, 5.41) is 17.2. The van der Waals surface area contributed by atoms with E-state index in [9.17, 15) is 24.3 Å². The highest BCUT2D eigenvalue weighted by Gasteiger charge is 2.80. The largest absolute Gasteiger partial charge is 0.494 e. The van der Waals surface area contributed by atoms with Crippen molar-refractivity contribution in [3.8, 4) is 11.5 Å². The predicted molar refractivity (Wildman–Crippen MR) is 194 cm³/mol. The minimum Gasteiger partial charge on any atom is -0.494 e. The van der Waals surface area contributed by atoms with E-state index in [1.54, 1.807) is 26.8 Å². The Morgan fingerprint density at radius 3 is 2.52 bits per heavy atom. The highest BCUT2D eigenvalue weighted by Crippen LogP contribution is 2.72. The van der Waals surface area contributed by atoms with Gasteiger partial charge in [-0.25, -0.2) is 8.78 Å². The number of nitrogens with one attached hydrogen (secondary N) is 2. The number of amides is 2. The molecule has 1 unspecified atom stereocenters. The highest BCUT2D eigenvalue weighted by atomic mass is 19.1. The lowest BCUT2D eigenvalue weighted by molar-refractivity contribution is -0.234. The first-order valence-electron chi connectivity index (χ1n) is 18.9. The van der Waals surface area contributed by atoms with E-state index in [0.29, 0.717) is 18.5 Å². The number of rotatable bonds is 12. The second kappa shape index (κ2) is 14.4. The van der Waals surface area contributed by atoms with Crippen LogP contribution in [0.15, 0.2) is 42.0 Å². The molecule has 54 heavy (non-hydrogen) atoms. The average molecular weight is 758 g/mol. The molecule has 0 aromatic heterocycles. The summed E-state index contributed by atoms with van der Waals surface area (Å²) in [6.07, 6.45) is 0.00352. The molecule has 1 aromatic rings. The number of ketones is 2. The SMILES string of the molecule is CCCC1O[C@@H]2C[C@H]3[C@@H]4C[C@H](F)C5=CC(=O)C=C[C@]5(C)[C@@]4(F)[C@@H](O)C[C@]3(C)[C@]2(C(=O)COc2ccc(NC(=O)[C@H](C)NC(=O)[C@@H](N)C(C)C)c(OC)c2)O1. The number of halogens is 2. The lowest BCUT2D eigenvalue weighted by Crippen LogP contribution is -2.71. The predicted octanol–water partition coefficient (Wildman–Crippen LogP) is 4.28. The summed E-state index contributed by atoms with van der Waals surface area (Å²) in [4.78, 5) is 52.2. The van der Waals surface area contributed by atoms with Gasteiger partial charge in [-0.05, 0) is 81.2 Å². The number of Topliss-reactive ketones (excluding diaryl/α,β-unsaturated/α-hetero) is 1. The maximum Gasteiger partial charge on any atom is 0.246 e. The van der Waals surface area contributed by atoms with Crippen molar-refractivity contribution < 1.29 is 52.0 Å². The topological polar surface area (TPSA) is 176 Å². The van der Waals surface area contributed by atoms with Crippen LogP contribution in [0.5, 0.6) is 11.5 Å². The normalized spacial score (nSPS) is 37.6. The van der Waals surface area contributed by atoms with Crippen LogP contribution >= 0.6 is 0 Å². The summed E-state index contributed by atoms with van der Waals surface area (Å²) in [6.45, 7) is 9.96. The number of hydrogen-bond donors (Lipinski definition) is 4. The number of anilines is 1. The van der Waals surface area contributed by atoms with Gasteiger partial charge in [-0.3, -0.25) is 19.2 Å². The Balaban J connectivity index is 1.23. The number of fused-ring (bicyclic) bond motifs is 7. The van der Waals surface area contributed by atoms with Gasteiger partial charge < -0.3 is 40.4 Å². The Hall–Kier alpha value is -3.72. The monoisotopic (exact) mass is 757 g/mol. The van der Waals surface area contributed by atoms with Crippen LogP contribution in [0.2, 0.25) is 0 Å². The van der Waals surface area contributed by atoms with E-state index in [4.69, 9.17) is 24.7 Å². The first kappa shape index (κ1) is 40.0. The van der Waals surface area contributed by atoms with Crippen LogP contribution in [0.25, 0.3) is 0 Å². The van der Waals surface area contributed by atoms with Gasteiger partial charge in [-0.1, -0.05) is 40.2 Å². The van der Waals surface area contributed by atoms with Gasteiger partial charge in [0.25, 0.3) is 0 Å². The number of allylic oxidation sites excluding steroid dienone is 4. The summed E-state index contributed by atoms with van der Waals surface area (Å²) in [6, 6.07) is 2.91. The van der Waals surface area contributed by atoms with Crippen molar-refractivity contribution in [2.45, 2.75) is 122 Å². The van der Waals surface area contributed by atoms with Gasteiger partial charge in [-0.2, -0.15) is 0 Å². The number of methoxy groups -OCH3 is 1. The third-order valence-electron chi connectivity index (χ3n) is 12.9. The molecule has 4 aliphatic carbocycles. The molecule has 3 saturated carbocycles. The third kappa shape index (κ3) is 6.08. The number of carbonyl (C=O) groups excluding carboxylic acids is 4. The Bertz CT molecular complexity index is 1750. The molecular weight excluding hydrogens is 704 g/mol. The number of hydrogen-bond acceptors (Lipinski definition) is 10. The molecule has 6 rings (SSSR count). The van der Waals surface area contributed by atoms with Crippen LogP contribution in [0.4, 0.5) is 14.5 Å². The van der Waals surface area contributed by atoms with Crippen molar-refractivity contribution in [2.24, 2.45) is 34.3 Å². The van der Waals surface area contributed by atoms with Crippen LogP contribution < -0.4 is 25.8 Å². The molecule has 4 fully saturated rings. The van der Waals surface area contributed by atoms with Crippen molar-refractivity contribution in [1.82, 2.24) is 5.32 Å². The van der Waals surface area contributed by atoms with Crippen LogP contribution in [0.1, 0.15) is 73.6 Å². The van der Waals surface area contributed by atoms with Gasteiger partial charge in [0.15, 0.2) is 23.3 Å². The number of aliphatic hydroxyl groups is 1. The summed E-state index contributed by atoms with van der Waals surface area (Å²) in [5.74, 6) is -3.11. The number of benzene rings is 1. The molecule has 1 aliphatic heterocycles. The second-order valence-electron chi connectivity index (χ2n) is 16.4. The van der Waals surface area contributed by atoms with Crippen molar-refractivity contribution in [1.29, 1.82) is 0 Å². The average Bonchev–Trinajstić information content (AvgIpc) is 3.61. The zero-order chi connectivity index (χ0) is 39.5. The van der Waals surface area contributed by atoms with Crippen LogP contribution in [0.3, 0.4) is 0 Å². The molecule has 2 amide bonds. The van der Waals surface area contributed by atoms with Crippen molar-refractivity contribution in [2.75, 3.05) is 19.0 Å². The van der Waals surface area contributed by atoms with E-state index in [-0.39, 0.29) is 42.3 Å². The van der Waals surface area contributed by atoms with Gasteiger partial charge >= 0.3 is 0 Å². The van der Waals surface area contributed by atoms with Crippen LogP contribution in [-0.2, 0) is 28.7 Å². The Kier molecular flexibility index (Phi) is 10.7. The van der Waals surface area contributed by atoms with E-state index in [1.807, 2.05) is 6.92 Å². The standard InChI is InChI=1S/C40H53F2N3O9/c1-8-9-33-53-32-17-24-25-16-27(41)26-14-22(46)12-13-37(26,5)39(25,42)30(47)18-38(24,6)40(32,54-33)31(48)19-52-23-10-11-28(29(15-23)51-7)45-35(49)21(4)44-36(50)34(43)20(2)3/h10-15,20-21,24-25,27,30,32-34,47H,8-9,16-19,43H2,1-7H3,(H,44,50)(H,45,49)/t21-,24-,25-,27-,30-,32+,33?,34-,37-,38-,39-,40+/m0/s1. The number of ether oxygens (including phenoxy) is 4. The molecule has 1 aromatic carbocycles. The summed E-state index contributed by atoms with van der Waals surface area (Å²) < 4.78 is 58.3. The quantitative estimate of drug-likeness (QED) is 0.241. The fourth-order valence-electron chi connectivity index (χ4n) is 9.93. The summed E-state index contributed by atoms with van der Waals surface area (Å²) in [5.41, 5.74) is -0.446. The van der Waals surface area contributed by atoms with Gasteiger partial charge in [0.2, 0.25) is 17.6 Å². The van der Waals surface area contributed by atoms with Crippen LogP contribution in [0, 0.1) is 28.6 Å². The Morgan fingerprint density at radius 1 is 1.13 bits per heavy atom. The summed E-state index contributed by atoms with van der Waals surface area (Å²) in [7, 11) is 1.40. The molecule has 0 spiro atoms. The molecule has 5 N–H and O–H groups in total.